The quantitative estimate of drug-likeness (QED) is 0.792. The predicted octanol–water partition coefficient (Wildman–Crippen LogP) is 2.74. The summed E-state index contributed by atoms with van der Waals surface area (Å²) in [6.07, 6.45) is 4.05. The molecule has 5 unspecified atom stereocenters. The minimum atomic E-state index is 0.719. The Morgan fingerprint density at radius 3 is 2.59 bits per heavy atom. The fraction of sp³-hybridized carbons (Fsp3) is 1.00. The molecule has 5 atom stereocenters. The van der Waals surface area contributed by atoms with Gasteiger partial charge in [0.15, 0.2) is 0 Å². The minimum Gasteiger partial charge on any atom is -0.311 e. The van der Waals surface area contributed by atoms with Crippen molar-refractivity contribution >= 4 is 0 Å². The maximum Gasteiger partial charge on any atom is 0.0221 e. The third kappa shape index (κ3) is 3.23. The Balaban J connectivity index is 1.88. The van der Waals surface area contributed by atoms with E-state index >= 15 is 0 Å². The zero-order valence-corrected chi connectivity index (χ0v) is 12.1. The molecule has 0 bridgehead atoms. The minimum absolute atomic E-state index is 0.719. The lowest BCUT2D eigenvalue weighted by Gasteiger charge is -2.42. The number of hydrogen-bond acceptors (Lipinski definition) is 2. The van der Waals surface area contributed by atoms with Gasteiger partial charge in [-0.1, -0.05) is 34.1 Å². The second-order valence-electron chi connectivity index (χ2n) is 6.39. The zero-order chi connectivity index (χ0) is 12.4. The SMILES string of the molecule is CCC(C)C1CN(CC2CC2C)C(CC)CN1. The Kier molecular flexibility index (Phi) is 4.48. The van der Waals surface area contributed by atoms with Gasteiger partial charge in [0, 0.05) is 31.7 Å². The normalized spacial score (nSPS) is 40.2. The van der Waals surface area contributed by atoms with E-state index in [9.17, 15) is 0 Å². The highest BCUT2D eigenvalue weighted by molar-refractivity contribution is 4.92. The first-order valence-corrected chi connectivity index (χ1v) is 7.63. The third-order valence-electron chi connectivity index (χ3n) is 5.11. The average Bonchev–Trinajstić information content (AvgIpc) is 3.03. The molecule has 1 saturated carbocycles. The molecular weight excluding hydrogens is 208 g/mol. The summed E-state index contributed by atoms with van der Waals surface area (Å²) >= 11 is 0. The molecule has 0 radical (unpaired) electrons. The molecule has 17 heavy (non-hydrogen) atoms. The van der Waals surface area contributed by atoms with Crippen molar-refractivity contribution in [3.8, 4) is 0 Å². The van der Waals surface area contributed by atoms with E-state index in [2.05, 4.69) is 37.9 Å². The second-order valence-corrected chi connectivity index (χ2v) is 6.39. The molecule has 0 aromatic heterocycles. The van der Waals surface area contributed by atoms with E-state index in [0.717, 1.165) is 29.8 Å². The molecule has 2 nitrogen and oxygen atoms in total. The van der Waals surface area contributed by atoms with Crippen molar-refractivity contribution in [1.82, 2.24) is 10.2 Å². The fourth-order valence-corrected chi connectivity index (χ4v) is 3.13. The first-order valence-electron chi connectivity index (χ1n) is 7.63. The van der Waals surface area contributed by atoms with Crippen molar-refractivity contribution in [2.45, 2.75) is 59.0 Å². The van der Waals surface area contributed by atoms with E-state index in [0.29, 0.717) is 0 Å². The number of hydrogen-bond donors (Lipinski definition) is 1. The molecule has 2 rings (SSSR count). The molecule has 1 saturated heterocycles. The lowest BCUT2D eigenvalue weighted by molar-refractivity contribution is 0.100. The van der Waals surface area contributed by atoms with Gasteiger partial charge in [0.25, 0.3) is 0 Å². The standard InChI is InChI=1S/C15H30N2/c1-5-11(3)15-10-17(9-13-7-12(13)4)14(6-2)8-16-15/h11-16H,5-10H2,1-4H3. The van der Waals surface area contributed by atoms with Gasteiger partial charge in [0.2, 0.25) is 0 Å². The molecule has 1 aliphatic carbocycles. The molecule has 0 aromatic carbocycles. The van der Waals surface area contributed by atoms with Crippen LogP contribution in [0.5, 0.6) is 0 Å². The molecule has 1 aliphatic heterocycles. The summed E-state index contributed by atoms with van der Waals surface area (Å²) in [5, 5.41) is 3.76. The molecule has 0 aromatic rings. The van der Waals surface area contributed by atoms with Crippen LogP contribution < -0.4 is 5.32 Å². The number of piperazine rings is 1. The van der Waals surface area contributed by atoms with Gasteiger partial charge in [-0.2, -0.15) is 0 Å². The summed E-state index contributed by atoms with van der Waals surface area (Å²) in [5.74, 6) is 2.80. The Hall–Kier alpha value is -0.0800. The van der Waals surface area contributed by atoms with Crippen LogP contribution in [0.15, 0.2) is 0 Å². The van der Waals surface area contributed by atoms with Crippen LogP contribution in [0.25, 0.3) is 0 Å². The van der Waals surface area contributed by atoms with E-state index in [4.69, 9.17) is 0 Å². The van der Waals surface area contributed by atoms with Gasteiger partial charge < -0.3 is 5.32 Å². The van der Waals surface area contributed by atoms with Crippen molar-refractivity contribution in [2.24, 2.45) is 17.8 Å². The van der Waals surface area contributed by atoms with Crippen molar-refractivity contribution in [1.29, 1.82) is 0 Å². The summed E-state index contributed by atoms with van der Waals surface area (Å²) in [6.45, 7) is 13.3. The molecular formula is C15H30N2. The van der Waals surface area contributed by atoms with E-state index in [1.807, 2.05) is 0 Å². The monoisotopic (exact) mass is 238 g/mol. The maximum absolute atomic E-state index is 3.76. The van der Waals surface area contributed by atoms with Crippen LogP contribution >= 0.6 is 0 Å². The molecule has 100 valence electrons. The van der Waals surface area contributed by atoms with Crippen molar-refractivity contribution in [3.63, 3.8) is 0 Å². The van der Waals surface area contributed by atoms with E-state index in [1.54, 1.807) is 0 Å². The molecule has 2 heteroatoms. The molecule has 1 N–H and O–H groups in total. The Labute approximate surface area is 107 Å². The van der Waals surface area contributed by atoms with E-state index in [1.165, 1.54) is 38.9 Å². The molecule has 0 spiro atoms. The van der Waals surface area contributed by atoms with Gasteiger partial charge in [0.1, 0.15) is 0 Å². The second kappa shape index (κ2) is 5.71. The fourth-order valence-electron chi connectivity index (χ4n) is 3.13. The maximum atomic E-state index is 3.76. The van der Waals surface area contributed by atoms with Crippen LogP contribution in [0.4, 0.5) is 0 Å². The van der Waals surface area contributed by atoms with Gasteiger partial charge in [-0.15, -0.1) is 0 Å². The molecule has 2 fully saturated rings. The van der Waals surface area contributed by atoms with Crippen LogP contribution in [0.1, 0.15) is 47.0 Å². The topological polar surface area (TPSA) is 15.3 Å². The summed E-state index contributed by atoms with van der Waals surface area (Å²) in [4.78, 5) is 2.78. The number of nitrogens with zero attached hydrogens (tertiary/aromatic N) is 1. The van der Waals surface area contributed by atoms with Gasteiger partial charge in [-0.05, 0) is 30.6 Å². The van der Waals surface area contributed by atoms with Crippen molar-refractivity contribution in [2.75, 3.05) is 19.6 Å². The van der Waals surface area contributed by atoms with Gasteiger partial charge in [-0.3, -0.25) is 4.90 Å². The van der Waals surface area contributed by atoms with Crippen LogP contribution in [0.3, 0.4) is 0 Å². The van der Waals surface area contributed by atoms with Gasteiger partial charge in [0.05, 0.1) is 0 Å². The summed E-state index contributed by atoms with van der Waals surface area (Å²) in [7, 11) is 0. The van der Waals surface area contributed by atoms with Crippen LogP contribution in [0.2, 0.25) is 0 Å². The van der Waals surface area contributed by atoms with E-state index < -0.39 is 0 Å². The Morgan fingerprint density at radius 1 is 1.35 bits per heavy atom. The lowest BCUT2D eigenvalue weighted by Crippen LogP contribution is -2.58. The van der Waals surface area contributed by atoms with Crippen LogP contribution in [-0.2, 0) is 0 Å². The molecule has 1 heterocycles. The Bertz CT molecular complexity index is 241. The van der Waals surface area contributed by atoms with Crippen LogP contribution in [-0.4, -0.2) is 36.6 Å². The number of nitrogens with one attached hydrogen (secondary N) is 1. The smallest absolute Gasteiger partial charge is 0.0221 e. The molecule has 0 amide bonds. The lowest BCUT2D eigenvalue weighted by atomic mass is 9.94. The first kappa shape index (κ1) is 13.4. The van der Waals surface area contributed by atoms with Crippen LogP contribution in [0, 0.1) is 17.8 Å². The molecule has 2 aliphatic rings. The highest BCUT2D eigenvalue weighted by Crippen LogP contribution is 2.39. The summed E-state index contributed by atoms with van der Waals surface area (Å²) < 4.78 is 0. The first-order chi connectivity index (χ1) is 8.15. The van der Waals surface area contributed by atoms with Gasteiger partial charge in [-0.25, -0.2) is 0 Å². The van der Waals surface area contributed by atoms with Crippen molar-refractivity contribution in [3.05, 3.63) is 0 Å². The third-order valence-corrected chi connectivity index (χ3v) is 5.11. The zero-order valence-electron chi connectivity index (χ0n) is 12.1. The Morgan fingerprint density at radius 2 is 2.06 bits per heavy atom. The highest BCUT2D eigenvalue weighted by Gasteiger charge is 2.37. The van der Waals surface area contributed by atoms with Gasteiger partial charge >= 0.3 is 0 Å². The van der Waals surface area contributed by atoms with Crippen molar-refractivity contribution < 1.29 is 0 Å². The summed E-state index contributed by atoms with van der Waals surface area (Å²) in [5.41, 5.74) is 0. The summed E-state index contributed by atoms with van der Waals surface area (Å²) in [6, 6.07) is 1.50. The predicted molar refractivity (Wildman–Crippen MR) is 74.2 cm³/mol. The average molecular weight is 238 g/mol. The highest BCUT2D eigenvalue weighted by atomic mass is 15.2. The largest absolute Gasteiger partial charge is 0.311 e. The number of rotatable bonds is 5. The van der Waals surface area contributed by atoms with E-state index in [-0.39, 0.29) is 0 Å².